The Bertz CT molecular complexity index is 591. The van der Waals surface area contributed by atoms with E-state index in [0.717, 1.165) is 52.0 Å². The van der Waals surface area contributed by atoms with Gasteiger partial charge in [-0.1, -0.05) is 31.2 Å². The van der Waals surface area contributed by atoms with Gasteiger partial charge in [0.05, 0.1) is 12.0 Å². The van der Waals surface area contributed by atoms with Gasteiger partial charge in [-0.2, -0.15) is 0 Å². The third kappa shape index (κ3) is 3.09. The molecule has 0 spiro atoms. The predicted octanol–water partition coefficient (Wildman–Crippen LogP) is 2.54. The fourth-order valence-corrected chi connectivity index (χ4v) is 4.44. The molecule has 2 heterocycles. The van der Waals surface area contributed by atoms with E-state index < -0.39 is 0 Å². The van der Waals surface area contributed by atoms with Crippen molar-refractivity contribution in [2.45, 2.75) is 44.7 Å². The minimum atomic E-state index is 0.161. The molecule has 24 heavy (non-hydrogen) atoms. The number of amides is 1. The number of carbonyl (C=O) groups is 1. The first kappa shape index (κ1) is 16.1. The number of nitrogens with one attached hydrogen (secondary N) is 1. The Labute approximate surface area is 144 Å². The average molecular weight is 328 g/mol. The number of aryl methyl sites for hydroxylation is 1. The van der Waals surface area contributed by atoms with Crippen molar-refractivity contribution in [2.75, 3.05) is 26.3 Å². The van der Waals surface area contributed by atoms with Gasteiger partial charge in [0.1, 0.15) is 0 Å². The van der Waals surface area contributed by atoms with Crippen molar-refractivity contribution < 1.29 is 9.53 Å². The summed E-state index contributed by atoms with van der Waals surface area (Å²) in [5.41, 5.74) is 2.73. The lowest BCUT2D eigenvalue weighted by Gasteiger charge is -2.45. The minimum absolute atomic E-state index is 0.161. The summed E-state index contributed by atoms with van der Waals surface area (Å²) >= 11 is 0. The molecule has 0 aromatic heterocycles. The van der Waals surface area contributed by atoms with Gasteiger partial charge in [-0.15, -0.1) is 0 Å². The highest BCUT2D eigenvalue weighted by molar-refractivity contribution is 5.80. The molecule has 2 atom stereocenters. The third-order valence-electron chi connectivity index (χ3n) is 6.11. The lowest BCUT2D eigenvalue weighted by atomic mass is 9.80. The van der Waals surface area contributed by atoms with Crippen LogP contribution in [0.2, 0.25) is 0 Å². The van der Waals surface area contributed by atoms with Gasteiger partial charge in [-0.3, -0.25) is 9.69 Å². The number of hydrogen-bond acceptors (Lipinski definition) is 3. The molecule has 130 valence electrons. The van der Waals surface area contributed by atoms with E-state index >= 15 is 0 Å². The molecule has 0 bridgehead atoms. The van der Waals surface area contributed by atoms with Crippen molar-refractivity contribution in [3.63, 3.8) is 0 Å². The van der Waals surface area contributed by atoms with Crippen LogP contribution in [-0.4, -0.2) is 43.2 Å². The summed E-state index contributed by atoms with van der Waals surface area (Å²) in [6.45, 7) is 5.83. The summed E-state index contributed by atoms with van der Waals surface area (Å²) in [6, 6.07) is 9.39. The van der Waals surface area contributed by atoms with Crippen molar-refractivity contribution in [3.05, 3.63) is 35.4 Å². The second-order valence-electron chi connectivity index (χ2n) is 7.70. The lowest BCUT2D eigenvalue weighted by molar-refractivity contribution is -0.133. The smallest absolute Gasteiger partial charge is 0.226 e. The SMILES string of the molecule is CC1CCc2ccccc2C1NC(=O)C1CN(C2CCOCC2)C1. The zero-order valence-corrected chi connectivity index (χ0v) is 14.5. The van der Waals surface area contributed by atoms with Crippen molar-refractivity contribution >= 4 is 5.91 Å². The first-order chi connectivity index (χ1) is 11.7. The van der Waals surface area contributed by atoms with E-state index in [4.69, 9.17) is 4.74 Å². The summed E-state index contributed by atoms with van der Waals surface area (Å²) in [4.78, 5) is 15.2. The average Bonchev–Trinajstić information content (AvgIpc) is 2.57. The van der Waals surface area contributed by atoms with Gasteiger partial charge in [0.15, 0.2) is 0 Å². The van der Waals surface area contributed by atoms with Crippen LogP contribution in [0.15, 0.2) is 24.3 Å². The number of carbonyl (C=O) groups excluding carboxylic acids is 1. The Morgan fingerprint density at radius 2 is 1.92 bits per heavy atom. The van der Waals surface area contributed by atoms with Gasteiger partial charge in [0, 0.05) is 32.3 Å². The molecule has 1 aliphatic carbocycles. The molecule has 0 saturated carbocycles. The maximum absolute atomic E-state index is 12.7. The number of nitrogens with zero attached hydrogens (tertiary/aromatic N) is 1. The summed E-state index contributed by atoms with van der Waals surface area (Å²) in [6.07, 6.45) is 4.51. The van der Waals surface area contributed by atoms with Crippen molar-refractivity contribution in [2.24, 2.45) is 11.8 Å². The number of benzene rings is 1. The van der Waals surface area contributed by atoms with Crippen LogP contribution >= 0.6 is 0 Å². The van der Waals surface area contributed by atoms with E-state index in [1.54, 1.807) is 0 Å². The Balaban J connectivity index is 1.35. The van der Waals surface area contributed by atoms with Crippen LogP contribution in [-0.2, 0) is 16.0 Å². The van der Waals surface area contributed by atoms with Crippen LogP contribution in [0.4, 0.5) is 0 Å². The van der Waals surface area contributed by atoms with Gasteiger partial charge < -0.3 is 10.1 Å². The summed E-state index contributed by atoms with van der Waals surface area (Å²) in [5, 5.41) is 3.36. The zero-order chi connectivity index (χ0) is 16.5. The number of ether oxygens (including phenoxy) is 1. The van der Waals surface area contributed by atoms with Crippen LogP contribution < -0.4 is 5.32 Å². The number of fused-ring (bicyclic) bond motifs is 1. The Morgan fingerprint density at radius 3 is 2.71 bits per heavy atom. The van der Waals surface area contributed by atoms with Crippen molar-refractivity contribution in [1.29, 1.82) is 0 Å². The summed E-state index contributed by atoms with van der Waals surface area (Å²) in [5.74, 6) is 0.913. The van der Waals surface area contributed by atoms with E-state index in [1.807, 2.05) is 0 Å². The van der Waals surface area contributed by atoms with E-state index in [-0.39, 0.29) is 17.9 Å². The number of rotatable bonds is 3. The minimum Gasteiger partial charge on any atom is -0.381 e. The molecule has 3 aliphatic rings. The maximum atomic E-state index is 12.7. The lowest BCUT2D eigenvalue weighted by Crippen LogP contribution is -2.58. The molecule has 2 saturated heterocycles. The molecule has 4 nitrogen and oxygen atoms in total. The number of likely N-dealkylation sites (tertiary alicyclic amines) is 1. The molecule has 1 amide bonds. The van der Waals surface area contributed by atoms with Gasteiger partial charge in [0.2, 0.25) is 5.91 Å². The Morgan fingerprint density at radius 1 is 1.17 bits per heavy atom. The van der Waals surface area contributed by atoms with Crippen molar-refractivity contribution in [3.8, 4) is 0 Å². The molecular formula is C20H28N2O2. The third-order valence-corrected chi connectivity index (χ3v) is 6.11. The normalized spacial score (nSPS) is 28.9. The summed E-state index contributed by atoms with van der Waals surface area (Å²) in [7, 11) is 0. The van der Waals surface area contributed by atoms with E-state index in [2.05, 4.69) is 41.4 Å². The van der Waals surface area contributed by atoms with Crippen LogP contribution in [0, 0.1) is 11.8 Å². The summed E-state index contributed by atoms with van der Waals surface area (Å²) < 4.78 is 5.43. The second-order valence-corrected chi connectivity index (χ2v) is 7.70. The second kappa shape index (κ2) is 6.85. The first-order valence-corrected chi connectivity index (χ1v) is 9.42. The van der Waals surface area contributed by atoms with E-state index in [0.29, 0.717) is 12.0 Å². The zero-order valence-electron chi connectivity index (χ0n) is 14.5. The molecule has 1 aromatic carbocycles. The largest absolute Gasteiger partial charge is 0.381 e. The molecular weight excluding hydrogens is 300 g/mol. The van der Waals surface area contributed by atoms with Crippen LogP contribution in [0.3, 0.4) is 0 Å². The molecule has 4 heteroatoms. The van der Waals surface area contributed by atoms with Gasteiger partial charge in [-0.05, 0) is 42.7 Å². The Hall–Kier alpha value is -1.39. The topological polar surface area (TPSA) is 41.6 Å². The monoisotopic (exact) mass is 328 g/mol. The molecule has 1 aromatic rings. The van der Waals surface area contributed by atoms with Crippen LogP contribution in [0.25, 0.3) is 0 Å². The fraction of sp³-hybridized carbons (Fsp3) is 0.650. The first-order valence-electron chi connectivity index (χ1n) is 9.42. The Kier molecular flexibility index (Phi) is 4.59. The highest BCUT2D eigenvalue weighted by Crippen LogP contribution is 2.35. The van der Waals surface area contributed by atoms with Crippen LogP contribution in [0.1, 0.15) is 43.4 Å². The van der Waals surface area contributed by atoms with Crippen molar-refractivity contribution in [1.82, 2.24) is 10.2 Å². The fourth-order valence-electron chi connectivity index (χ4n) is 4.44. The van der Waals surface area contributed by atoms with Gasteiger partial charge in [0.25, 0.3) is 0 Å². The molecule has 1 N–H and O–H groups in total. The van der Waals surface area contributed by atoms with E-state index in [9.17, 15) is 4.79 Å². The molecule has 2 unspecified atom stereocenters. The molecule has 2 aliphatic heterocycles. The van der Waals surface area contributed by atoms with Gasteiger partial charge >= 0.3 is 0 Å². The standard InChI is InChI=1S/C20H28N2O2/c1-14-6-7-15-4-2-3-5-18(15)19(14)21-20(23)16-12-22(13-16)17-8-10-24-11-9-17/h2-5,14,16-17,19H,6-13H2,1H3,(H,21,23). The van der Waals surface area contributed by atoms with E-state index in [1.165, 1.54) is 11.1 Å². The maximum Gasteiger partial charge on any atom is 0.226 e. The molecule has 0 radical (unpaired) electrons. The molecule has 4 rings (SSSR count). The highest BCUT2D eigenvalue weighted by atomic mass is 16.5. The highest BCUT2D eigenvalue weighted by Gasteiger charge is 2.38. The predicted molar refractivity (Wildman–Crippen MR) is 93.7 cm³/mol. The quantitative estimate of drug-likeness (QED) is 0.927. The number of hydrogen-bond donors (Lipinski definition) is 1. The van der Waals surface area contributed by atoms with Gasteiger partial charge in [-0.25, -0.2) is 0 Å². The molecule has 2 fully saturated rings. The van der Waals surface area contributed by atoms with Crippen LogP contribution in [0.5, 0.6) is 0 Å².